The third kappa shape index (κ3) is 4.89. The quantitative estimate of drug-likeness (QED) is 0.596. The molecule has 0 bridgehead atoms. The highest BCUT2D eigenvalue weighted by atomic mass is 15.0. The van der Waals surface area contributed by atoms with Gasteiger partial charge in [-0.05, 0) is 22.3 Å². The average molecular weight is 324 g/mol. The van der Waals surface area contributed by atoms with Crippen molar-refractivity contribution >= 4 is 0 Å². The van der Waals surface area contributed by atoms with Crippen molar-refractivity contribution in [3.63, 3.8) is 0 Å². The minimum Gasteiger partial charge on any atom is -0.314 e. The second-order valence-electron chi connectivity index (χ2n) is 6.17. The van der Waals surface area contributed by atoms with Gasteiger partial charge in [-0.3, -0.25) is 0 Å². The van der Waals surface area contributed by atoms with Crippen LogP contribution in [0.2, 0.25) is 0 Å². The highest BCUT2D eigenvalue weighted by Crippen LogP contribution is 2.27. The first-order valence-corrected chi connectivity index (χ1v) is 8.94. The van der Waals surface area contributed by atoms with E-state index in [2.05, 4.69) is 69.8 Å². The van der Waals surface area contributed by atoms with Crippen LogP contribution in [0.25, 0.3) is 11.1 Å². The Labute approximate surface area is 145 Å². The first-order valence-electron chi connectivity index (χ1n) is 8.94. The molecule has 0 atom stereocenters. The van der Waals surface area contributed by atoms with Crippen molar-refractivity contribution in [2.45, 2.75) is 13.1 Å². The standard InChI is InChI=1S/C20H28N4/c1-3-7-19-17(5-1)15-23-13-11-21-9-10-22-12-14-24-16-18-6-2-4-8-20(18)19/h1-8,21-24H,9-16H2. The highest BCUT2D eigenvalue weighted by Gasteiger charge is 2.08. The molecule has 1 aliphatic rings. The van der Waals surface area contributed by atoms with Gasteiger partial charge in [0, 0.05) is 52.4 Å². The van der Waals surface area contributed by atoms with Crippen molar-refractivity contribution in [3.05, 3.63) is 59.7 Å². The monoisotopic (exact) mass is 324 g/mol. The maximum absolute atomic E-state index is 3.56. The summed E-state index contributed by atoms with van der Waals surface area (Å²) in [5.74, 6) is 0. The van der Waals surface area contributed by atoms with Crippen molar-refractivity contribution in [3.8, 4) is 11.1 Å². The van der Waals surface area contributed by atoms with Crippen LogP contribution in [0.15, 0.2) is 48.5 Å². The van der Waals surface area contributed by atoms with E-state index in [9.17, 15) is 0 Å². The highest BCUT2D eigenvalue weighted by molar-refractivity contribution is 5.70. The Morgan fingerprint density at radius 1 is 0.458 bits per heavy atom. The summed E-state index contributed by atoms with van der Waals surface area (Å²) in [5.41, 5.74) is 5.39. The maximum atomic E-state index is 3.56. The fraction of sp³-hybridized carbons (Fsp3) is 0.400. The van der Waals surface area contributed by atoms with Crippen LogP contribution < -0.4 is 21.3 Å². The van der Waals surface area contributed by atoms with E-state index in [0.29, 0.717) is 0 Å². The predicted molar refractivity (Wildman–Crippen MR) is 101 cm³/mol. The Morgan fingerprint density at radius 3 is 1.29 bits per heavy atom. The average Bonchev–Trinajstić information content (AvgIpc) is 2.62. The van der Waals surface area contributed by atoms with Gasteiger partial charge in [0.25, 0.3) is 0 Å². The zero-order valence-corrected chi connectivity index (χ0v) is 14.3. The van der Waals surface area contributed by atoms with E-state index in [1.807, 2.05) is 0 Å². The first kappa shape index (κ1) is 17.1. The fourth-order valence-corrected chi connectivity index (χ4v) is 3.10. The molecule has 1 heterocycles. The molecule has 0 fully saturated rings. The van der Waals surface area contributed by atoms with Gasteiger partial charge in [0.2, 0.25) is 0 Å². The lowest BCUT2D eigenvalue weighted by atomic mass is 9.95. The molecule has 4 heteroatoms. The summed E-state index contributed by atoms with van der Waals surface area (Å²) in [7, 11) is 0. The largest absolute Gasteiger partial charge is 0.314 e. The molecule has 2 aromatic carbocycles. The molecule has 24 heavy (non-hydrogen) atoms. The summed E-state index contributed by atoms with van der Waals surface area (Å²) in [6.07, 6.45) is 0. The van der Waals surface area contributed by atoms with Crippen molar-refractivity contribution in [2.75, 3.05) is 39.3 Å². The minimum atomic E-state index is 0.901. The van der Waals surface area contributed by atoms with Crippen molar-refractivity contribution in [2.24, 2.45) is 0 Å². The number of benzene rings is 2. The Balaban J connectivity index is 1.82. The lowest BCUT2D eigenvalue weighted by Crippen LogP contribution is -2.35. The van der Waals surface area contributed by atoms with E-state index in [0.717, 1.165) is 52.4 Å². The maximum Gasteiger partial charge on any atom is 0.0212 e. The number of fused-ring (bicyclic) bond motifs is 3. The summed E-state index contributed by atoms with van der Waals surface area (Å²) in [6.45, 7) is 7.80. The van der Waals surface area contributed by atoms with Crippen LogP contribution in [-0.4, -0.2) is 39.3 Å². The van der Waals surface area contributed by atoms with Crippen molar-refractivity contribution < 1.29 is 0 Å². The Hall–Kier alpha value is -1.72. The van der Waals surface area contributed by atoms with E-state index >= 15 is 0 Å². The molecule has 0 amide bonds. The van der Waals surface area contributed by atoms with Gasteiger partial charge in [-0.1, -0.05) is 48.5 Å². The topological polar surface area (TPSA) is 48.1 Å². The van der Waals surface area contributed by atoms with Crippen LogP contribution >= 0.6 is 0 Å². The Kier molecular flexibility index (Phi) is 6.81. The fourth-order valence-electron chi connectivity index (χ4n) is 3.10. The molecule has 0 aliphatic carbocycles. The molecule has 0 unspecified atom stereocenters. The number of rotatable bonds is 0. The second kappa shape index (κ2) is 9.55. The van der Waals surface area contributed by atoms with E-state index in [-0.39, 0.29) is 0 Å². The van der Waals surface area contributed by atoms with Crippen molar-refractivity contribution in [1.82, 2.24) is 21.3 Å². The third-order valence-corrected chi connectivity index (χ3v) is 4.39. The second-order valence-corrected chi connectivity index (χ2v) is 6.17. The van der Waals surface area contributed by atoms with Gasteiger partial charge in [-0.25, -0.2) is 0 Å². The van der Waals surface area contributed by atoms with E-state index < -0.39 is 0 Å². The van der Waals surface area contributed by atoms with Gasteiger partial charge < -0.3 is 21.3 Å². The van der Waals surface area contributed by atoms with Gasteiger partial charge in [-0.15, -0.1) is 0 Å². The SMILES string of the molecule is c1ccc2c(c1)CNCCNCCNCCNCc1ccccc1-2. The lowest BCUT2D eigenvalue weighted by molar-refractivity contribution is 0.565. The smallest absolute Gasteiger partial charge is 0.0212 e. The zero-order valence-electron chi connectivity index (χ0n) is 14.3. The van der Waals surface area contributed by atoms with Crippen LogP contribution in [0.1, 0.15) is 11.1 Å². The summed E-state index contributed by atoms with van der Waals surface area (Å²) < 4.78 is 0. The van der Waals surface area contributed by atoms with Crippen LogP contribution in [-0.2, 0) is 13.1 Å². The first-order chi connectivity index (χ1) is 11.9. The number of nitrogens with one attached hydrogen (secondary N) is 4. The molecule has 4 N–H and O–H groups in total. The van der Waals surface area contributed by atoms with E-state index in [1.54, 1.807) is 0 Å². The lowest BCUT2D eigenvalue weighted by Gasteiger charge is -2.16. The van der Waals surface area contributed by atoms with Gasteiger partial charge in [0.1, 0.15) is 0 Å². The van der Waals surface area contributed by atoms with Crippen LogP contribution in [0, 0.1) is 0 Å². The van der Waals surface area contributed by atoms with Gasteiger partial charge in [0.05, 0.1) is 0 Å². The Morgan fingerprint density at radius 2 is 0.833 bits per heavy atom. The third-order valence-electron chi connectivity index (χ3n) is 4.39. The Bertz CT molecular complexity index is 571. The molecule has 3 rings (SSSR count). The molecule has 0 saturated carbocycles. The van der Waals surface area contributed by atoms with Crippen LogP contribution in [0.5, 0.6) is 0 Å². The number of hydrogen-bond acceptors (Lipinski definition) is 4. The van der Waals surface area contributed by atoms with Gasteiger partial charge >= 0.3 is 0 Å². The van der Waals surface area contributed by atoms with E-state index in [1.165, 1.54) is 22.3 Å². The molecule has 128 valence electrons. The zero-order chi connectivity index (χ0) is 16.5. The van der Waals surface area contributed by atoms with Crippen molar-refractivity contribution in [1.29, 1.82) is 0 Å². The molecule has 4 nitrogen and oxygen atoms in total. The molecule has 2 aromatic rings. The molecule has 0 radical (unpaired) electrons. The molecular formula is C20H28N4. The van der Waals surface area contributed by atoms with E-state index in [4.69, 9.17) is 0 Å². The molecule has 0 saturated heterocycles. The molecular weight excluding hydrogens is 296 g/mol. The minimum absolute atomic E-state index is 0.901. The molecule has 0 aromatic heterocycles. The summed E-state index contributed by atoms with van der Waals surface area (Å²) in [6, 6.07) is 17.4. The predicted octanol–water partition coefficient (Wildman–Crippen LogP) is 1.73. The normalized spacial score (nSPS) is 17.7. The summed E-state index contributed by atoms with van der Waals surface area (Å²) in [5, 5.41) is 14.0. The van der Waals surface area contributed by atoms with Gasteiger partial charge in [0.15, 0.2) is 0 Å². The summed E-state index contributed by atoms with van der Waals surface area (Å²) >= 11 is 0. The summed E-state index contributed by atoms with van der Waals surface area (Å²) in [4.78, 5) is 0. The molecule has 0 spiro atoms. The number of hydrogen-bond donors (Lipinski definition) is 4. The molecule has 1 aliphatic heterocycles. The van der Waals surface area contributed by atoms with Crippen LogP contribution in [0.3, 0.4) is 0 Å². The van der Waals surface area contributed by atoms with Crippen LogP contribution in [0.4, 0.5) is 0 Å². The van der Waals surface area contributed by atoms with Gasteiger partial charge in [-0.2, -0.15) is 0 Å².